The van der Waals surface area contributed by atoms with Gasteiger partial charge in [-0.15, -0.1) is 0 Å². The number of aryl methyl sites for hydroxylation is 1. The fourth-order valence-electron chi connectivity index (χ4n) is 1.42. The smallest absolute Gasteiger partial charge is 0.163 e. The number of benzene rings is 1. The highest BCUT2D eigenvalue weighted by molar-refractivity contribution is 6.35. The van der Waals surface area contributed by atoms with E-state index < -0.39 is 5.82 Å². The Hall–Kier alpha value is -1.35. The molecule has 1 heterocycles. The summed E-state index contributed by atoms with van der Waals surface area (Å²) in [4.78, 5) is 4.10. The Labute approximate surface area is 91.6 Å². The number of hydrogen-bond donors (Lipinski definition) is 0. The van der Waals surface area contributed by atoms with E-state index in [9.17, 15) is 4.39 Å². The van der Waals surface area contributed by atoms with Crippen molar-refractivity contribution >= 4 is 22.5 Å². The minimum Gasteiger partial charge on any atom is -0.497 e. The van der Waals surface area contributed by atoms with Crippen LogP contribution in [-0.4, -0.2) is 12.1 Å². The monoisotopic (exact) mass is 225 g/mol. The molecule has 0 unspecified atom stereocenters. The fourth-order valence-corrected chi connectivity index (χ4v) is 1.71. The van der Waals surface area contributed by atoms with Crippen LogP contribution < -0.4 is 4.74 Å². The van der Waals surface area contributed by atoms with Gasteiger partial charge in [-0.3, -0.25) is 0 Å². The molecule has 0 amide bonds. The Kier molecular flexibility index (Phi) is 2.49. The highest BCUT2D eigenvalue weighted by Crippen LogP contribution is 2.29. The SMILES string of the molecule is COc1ccc2nc(C)c(F)c(Cl)c2c1. The molecular formula is C11H9ClFNO. The molecule has 0 aliphatic carbocycles. The third kappa shape index (κ3) is 1.63. The Balaban J connectivity index is 2.81. The van der Waals surface area contributed by atoms with Gasteiger partial charge in [-0.2, -0.15) is 0 Å². The molecule has 0 fully saturated rings. The molecule has 0 bridgehead atoms. The Morgan fingerprint density at radius 3 is 2.80 bits per heavy atom. The summed E-state index contributed by atoms with van der Waals surface area (Å²) in [5, 5.41) is 0.663. The van der Waals surface area contributed by atoms with Crippen LogP contribution in [0, 0.1) is 12.7 Å². The van der Waals surface area contributed by atoms with Crippen molar-refractivity contribution in [2.24, 2.45) is 0 Å². The summed E-state index contributed by atoms with van der Waals surface area (Å²) >= 11 is 5.89. The molecule has 78 valence electrons. The highest BCUT2D eigenvalue weighted by atomic mass is 35.5. The normalized spacial score (nSPS) is 10.7. The van der Waals surface area contributed by atoms with Gasteiger partial charge in [-0.1, -0.05) is 11.6 Å². The zero-order valence-corrected chi connectivity index (χ0v) is 9.10. The van der Waals surface area contributed by atoms with Gasteiger partial charge in [0.15, 0.2) is 5.82 Å². The largest absolute Gasteiger partial charge is 0.497 e. The van der Waals surface area contributed by atoms with Crippen molar-refractivity contribution in [3.8, 4) is 5.75 Å². The van der Waals surface area contributed by atoms with Crippen LogP contribution in [0.4, 0.5) is 4.39 Å². The first kappa shape index (κ1) is 10.2. The highest BCUT2D eigenvalue weighted by Gasteiger charge is 2.10. The summed E-state index contributed by atoms with van der Waals surface area (Å²) in [5.41, 5.74) is 0.970. The van der Waals surface area contributed by atoms with Gasteiger partial charge >= 0.3 is 0 Å². The third-order valence-electron chi connectivity index (χ3n) is 2.24. The molecule has 2 rings (SSSR count). The van der Waals surface area contributed by atoms with Crippen molar-refractivity contribution in [3.05, 3.63) is 34.7 Å². The third-order valence-corrected chi connectivity index (χ3v) is 2.61. The molecule has 0 N–H and O–H groups in total. The summed E-state index contributed by atoms with van der Waals surface area (Å²) in [6.07, 6.45) is 0. The predicted molar refractivity (Wildman–Crippen MR) is 58.0 cm³/mol. The molecule has 0 saturated heterocycles. The van der Waals surface area contributed by atoms with E-state index in [-0.39, 0.29) is 5.02 Å². The summed E-state index contributed by atoms with van der Waals surface area (Å²) < 4.78 is 18.5. The van der Waals surface area contributed by atoms with Crippen LogP contribution in [0.15, 0.2) is 18.2 Å². The second-order valence-electron chi connectivity index (χ2n) is 3.21. The summed E-state index contributed by atoms with van der Waals surface area (Å²) in [5.74, 6) is 0.159. The number of hydrogen-bond acceptors (Lipinski definition) is 2. The van der Waals surface area contributed by atoms with Gasteiger partial charge in [0.05, 0.1) is 23.3 Å². The summed E-state index contributed by atoms with van der Waals surface area (Å²) in [6.45, 7) is 1.59. The zero-order valence-electron chi connectivity index (χ0n) is 8.34. The quantitative estimate of drug-likeness (QED) is 0.743. The number of halogens is 2. The van der Waals surface area contributed by atoms with Gasteiger partial charge in [0.1, 0.15) is 5.75 Å². The van der Waals surface area contributed by atoms with Crippen molar-refractivity contribution < 1.29 is 9.13 Å². The number of nitrogens with zero attached hydrogens (tertiary/aromatic N) is 1. The van der Waals surface area contributed by atoms with Crippen molar-refractivity contribution in [2.45, 2.75) is 6.92 Å². The van der Waals surface area contributed by atoms with E-state index in [0.717, 1.165) is 0 Å². The first-order chi connectivity index (χ1) is 7.13. The summed E-state index contributed by atoms with van der Waals surface area (Å²) in [7, 11) is 1.55. The van der Waals surface area contributed by atoms with Crippen LogP contribution in [0.25, 0.3) is 10.9 Å². The lowest BCUT2D eigenvalue weighted by Crippen LogP contribution is -1.92. The van der Waals surface area contributed by atoms with E-state index >= 15 is 0 Å². The van der Waals surface area contributed by atoms with Crippen molar-refractivity contribution in [1.29, 1.82) is 0 Å². The number of ether oxygens (including phenoxy) is 1. The molecule has 0 radical (unpaired) electrons. The Bertz CT molecular complexity index is 527. The maximum atomic E-state index is 13.5. The van der Waals surface area contributed by atoms with Crippen LogP contribution in [0.2, 0.25) is 5.02 Å². The number of aromatic nitrogens is 1. The molecule has 1 aromatic carbocycles. The fraction of sp³-hybridized carbons (Fsp3) is 0.182. The molecule has 2 nitrogen and oxygen atoms in total. The standard InChI is InChI=1S/C11H9ClFNO/c1-6-11(13)10(12)8-5-7(15-2)3-4-9(8)14-6/h3-5H,1-2H3. The van der Waals surface area contributed by atoms with Gasteiger partial charge in [-0.05, 0) is 25.1 Å². The van der Waals surface area contributed by atoms with E-state index in [0.29, 0.717) is 22.3 Å². The Morgan fingerprint density at radius 2 is 2.13 bits per heavy atom. The maximum Gasteiger partial charge on any atom is 0.163 e. The number of rotatable bonds is 1. The predicted octanol–water partition coefficient (Wildman–Crippen LogP) is 3.34. The Morgan fingerprint density at radius 1 is 1.40 bits per heavy atom. The van der Waals surface area contributed by atoms with Crippen LogP contribution in [-0.2, 0) is 0 Å². The topological polar surface area (TPSA) is 22.1 Å². The molecule has 0 aliphatic heterocycles. The minimum absolute atomic E-state index is 0.0939. The lowest BCUT2D eigenvalue weighted by Gasteiger charge is -2.06. The van der Waals surface area contributed by atoms with Gasteiger partial charge in [0, 0.05) is 5.39 Å². The molecule has 1 aromatic heterocycles. The van der Waals surface area contributed by atoms with Crippen molar-refractivity contribution in [2.75, 3.05) is 7.11 Å². The number of methoxy groups -OCH3 is 1. The van der Waals surface area contributed by atoms with Crippen LogP contribution in [0.3, 0.4) is 0 Å². The van der Waals surface area contributed by atoms with Crippen molar-refractivity contribution in [1.82, 2.24) is 4.98 Å². The van der Waals surface area contributed by atoms with Gasteiger partial charge in [-0.25, -0.2) is 9.37 Å². The van der Waals surface area contributed by atoms with Crippen LogP contribution in [0.5, 0.6) is 5.75 Å². The van der Waals surface area contributed by atoms with E-state index in [4.69, 9.17) is 16.3 Å². The zero-order chi connectivity index (χ0) is 11.0. The minimum atomic E-state index is -0.475. The molecule has 4 heteroatoms. The molecule has 2 aromatic rings. The van der Waals surface area contributed by atoms with E-state index in [2.05, 4.69) is 4.98 Å². The number of fused-ring (bicyclic) bond motifs is 1. The van der Waals surface area contributed by atoms with Gasteiger partial charge in [0.25, 0.3) is 0 Å². The van der Waals surface area contributed by atoms with E-state index in [1.54, 1.807) is 32.2 Å². The van der Waals surface area contributed by atoms with E-state index in [1.165, 1.54) is 0 Å². The first-order valence-electron chi connectivity index (χ1n) is 4.43. The second-order valence-corrected chi connectivity index (χ2v) is 3.59. The number of pyridine rings is 1. The van der Waals surface area contributed by atoms with Crippen LogP contribution >= 0.6 is 11.6 Å². The van der Waals surface area contributed by atoms with E-state index in [1.807, 2.05) is 0 Å². The lowest BCUT2D eigenvalue weighted by molar-refractivity contribution is 0.415. The lowest BCUT2D eigenvalue weighted by atomic mass is 10.2. The maximum absolute atomic E-state index is 13.5. The molecule has 0 saturated carbocycles. The first-order valence-corrected chi connectivity index (χ1v) is 4.80. The van der Waals surface area contributed by atoms with Gasteiger partial charge in [0.2, 0.25) is 0 Å². The average molecular weight is 226 g/mol. The van der Waals surface area contributed by atoms with Gasteiger partial charge < -0.3 is 4.74 Å². The second kappa shape index (κ2) is 3.66. The molecule has 0 atom stereocenters. The molecule has 0 spiro atoms. The molecule has 15 heavy (non-hydrogen) atoms. The molecular weight excluding hydrogens is 217 g/mol. The van der Waals surface area contributed by atoms with Crippen LogP contribution in [0.1, 0.15) is 5.69 Å². The average Bonchev–Trinajstić information content (AvgIpc) is 2.26. The van der Waals surface area contributed by atoms with Crippen molar-refractivity contribution in [3.63, 3.8) is 0 Å². The summed E-state index contributed by atoms with van der Waals surface area (Å²) in [6, 6.07) is 5.20. The molecule has 0 aliphatic rings.